The van der Waals surface area contributed by atoms with Gasteiger partial charge >= 0.3 is 11.9 Å². The predicted octanol–water partition coefficient (Wildman–Crippen LogP) is 3.71. The maximum atomic E-state index is 11.7. The van der Waals surface area contributed by atoms with E-state index in [0.717, 1.165) is 24.8 Å². The fourth-order valence-corrected chi connectivity index (χ4v) is 5.60. The first-order valence-corrected chi connectivity index (χ1v) is 9.21. The number of fused-ring (bicyclic) bond motifs is 1. The van der Waals surface area contributed by atoms with Gasteiger partial charge in [-0.1, -0.05) is 26.3 Å². The summed E-state index contributed by atoms with van der Waals surface area (Å²) < 4.78 is 0. The van der Waals surface area contributed by atoms with Crippen LogP contribution < -0.4 is 0 Å². The second-order valence-electron chi connectivity index (χ2n) is 9.02. The number of rotatable bonds is 5. The molecule has 0 aromatic rings. The molecule has 2 aliphatic rings. The number of carboxylic acids is 2. The minimum absolute atomic E-state index is 0.109. The Morgan fingerprint density at radius 3 is 2.32 bits per heavy atom. The van der Waals surface area contributed by atoms with Crippen LogP contribution in [0.2, 0.25) is 0 Å². The first kappa shape index (κ1) is 20.0. The molecule has 25 heavy (non-hydrogen) atoms. The van der Waals surface area contributed by atoms with Crippen LogP contribution in [0.4, 0.5) is 0 Å². The minimum atomic E-state index is -1.23. The van der Waals surface area contributed by atoms with Gasteiger partial charge in [0.15, 0.2) is 0 Å². The van der Waals surface area contributed by atoms with Crippen LogP contribution >= 0.6 is 0 Å². The summed E-state index contributed by atoms with van der Waals surface area (Å²) in [6, 6.07) is 0. The Morgan fingerprint density at radius 2 is 1.80 bits per heavy atom. The Morgan fingerprint density at radius 1 is 1.20 bits per heavy atom. The van der Waals surface area contributed by atoms with Gasteiger partial charge in [0.2, 0.25) is 0 Å². The van der Waals surface area contributed by atoms with Gasteiger partial charge in [-0.3, -0.25) is 4.79 Å². The van der Waals surface area contributed by atoms with Gasteiger partial charge in [0, 0.05) is 11.5 Å². The van der Waals surface area contributed by atoms with Gasteiger partial charge < -0.3 is 15.3 Å². The third kappa shape index (κ3) is 3.12. The lowest BCUT2D eigenvalue weighted by molar-refractivity contribution is -0.161. The van der Waals surface area contributed by atoms with Crippen molar-refractivity contribution in [3.8, 4) is 0 Å². The first-order chi connectivity index (χ1) is 11.4. The van der Waals surface area contributed by atoms with E-state index in [9.17, 15) is 19.8 Å². The Labute approximate surface area is 150 Å². The third-order valence-corrected chi connectivity index (χ3v) is 7.82. The summed E-state index contributed by atoms with van der Waals surface area (Å²) in [7, 11) is 0. The minimum Gasteiger partial charge on any atom is -0.481 e. The van der Waals surface area contributed by atoms with Crippen molar-refractivity contribution in [3.05, 3.63) is 11.6 Å². The number of carbonyl (C=O) groups is 2. The Bertz CT molecular complexity index is 593. The predicted molar refractivity (Wildman–Crippen MR) is 95.1 cm³/mol. The molecule has 0 radical (unpaired) electrons. The highest BCUT2D eigenvalue weighted by molar-refractivity contribution is 5.80. The summed E-state index contributed by atoms with van der Waals surface area (Å²) in [5.74, 6) is -2.08. The fraction of sp³-hybridized carbons (Fsp3) is 0.800. The Kier molecular flexibility index (Phi) is 5.12. The molecule has 0 bridgehead atoms. The molecule has 5 nitrogen and oxygen atoms in total. The summed E-state index contributed by atoms with van der Waals surface area (Å²) >= 11 is 0. The summed E-state index contributed by atoms with van der Waals surface area (Å²) in [6.45, 7) is 9.98. The molecule has 5 heteroatoms. The molecule has 0 saturated heterocycles. The topological polar surface area (TPSA) is 94.8 Å². The van der Waals surface area contributed by atoms with Gasteiger partial charge in [-0.25, -0.2) is 4.79 Å². The second kappa shape index (κ2) is 6.42. The smallest absolute Gasteiger partial charge is 0.328 e. The summed E-state index contributed by atoms with van der Waals surface area (Å²) in [5, 5.41) is 29.7. The molecule has 142 valence electrons. The SMILES string of the molecule is C/C(=C/C(=O)O)CC[C@]1(C)[C@H]2C[C@H](C(=O)O)[C@@](C)(O)[C@@]2(C)CC[C@@H]1C. The zero-order valence-corrected chi connectivity index (χ0v) is 16.0. The molecule has 2 saturated carbocycles. The van der Waals surface area contributed by atoms with Gasteiger partial charge in [-0.15, -0.1) is 0 Å². The van der Waals surface area contributed by atoms with E-state index >= 15 is 0 Å². The molecule has 6 atom stereocenters. The van der Waals surface area contributed by atoms with Gasteiger partial charge in [0.1, 0.15) is 0 Å². The van der Waals surface area contributed by atoms with E-state index in [1.807, 2.05) is 13.8 Å². The van der Waals surface area contributed by atoms with Crippen LogP contribution in [-0.4, -0.2) is 32.9 Å². The van der Waals surface area contributed by atoms with E-state index in [1.165, 1.54) is 6.08 Å². The van der Waals surface area contributed by atoms with Gasteiger partial charge in [-0.2, -0.15) is 0 Å². The van der Waals surface area contributed by atoms with Crippen molar-refractivity contribution in [1.82, 2.24) is 0 Å². The molecule has 0 aromatic heterocycles. The molecule has 0 amide bonds. The average molecular weight is 352 g/mol. The number of carboxylic acid groups (broad SMARTS) is 2. The zero-order valence-electron chi connectivity index (χ0n) is 16.0. The lowest BCUT2D eigenvalue weighted by atomic mass is 9.50. The van der Waals surface area contributed by atoms with E-state index in [0.29, 0.717) is 18.8 Å². The maximum Gasteiger partial charge on any atom is 0.328 e. The van der Waals surface area contributed by atoms with Gasteiger partial charge in [-0.05, 0) is 63.2 Å². The van der Waals surface area contributed by atoms with Crippen LogP contribution in [0.3, 0.4) is 0 Å². The van der Waals surface area contributed by atoms with E-state index < -0.39 is 28.9 Å². The van der Waals surface area contributed by atoms with E-state index in [2.05, 4.69) is 13.8 Å². The van der Waals surface area contributed by atoms with Crippen LogP contribution in [0.5, 0.6) is 0 Å². The Hall–Kier alpha value is -1.36. The van der Waals surface area contributed by atoms with Crippen molar-refractivity contribution in [2.45, 2.75) is 72.3 Å². The van der Waals surface area contributed by atoms with Crippen LogP contribution in [0.15, 0.2) is 11.6 Å². The highest BCUT2D eigenvalue weighted by atomic mass is 16.4. The van der Waals surface area contributed by atoms with Crippen molar-refractivity contribution in [1.29, 1.82) is 0 Å². The molecule has 0 aliphatic heterocycles. The zero-order chi connectivity index (χ0) is 19.2. The normalized spacial score (nSPS) is 44.4. The fourth-order valence-electron chi connectivity index (χ4n) is 5.60. The number of allylic oxidation sites excluding steroid dienone is 1. The van der Waals surface area contributed by atoms with Crippen LogP contribution in [0, 0.1) is 28.6 Å². The summed E-state index contributed by atoms with van der Waals surface area (Å²) in [6.07, 6.45) is 5.01. The van der Waals surface area contributed by atoms with E-state index in [-0.39, 0.29) is 11.3 Å². The van der Waals surface area contributed by atoms with Crippen molar-refractivity contribution in [3.63, 3.8) is 0 Å². The maximum absolute atomic E-state index is 11.7. The molecular formula is C20H32O5. The first-order valence-electron chi connectivity index (χ1n) is 9.21. The molecule has 0 heterocycles. The summed E-state index contributed by atoms with van der Waals surface area (Å²) in [5.41, 5.74) is -0.944. The lowest BCUT2D eigenvalue weighted by Crippen LogP contribution is -2.54. The molecule has 0 spiro atoms. The monoisotopic (exact) mass is 352 g/mol. The Balaban J connectivity index is 2.34. The van der Waals surface area contributed by atoms with E-state index in [4.69, 9.17) is 5.11 Å². The summed E-state index contributed by atoms with van der Waals surface area (Å²) in [4.78, 5) is 22.6. The number of hydrogen-bond acceptors (Lipinski definition) is 3. The number of aliphatic hydroxyl groups is 1. The van der Waals surface area contributed by atoms with Crippen molar-refractivity contribution >= 4 is 11.9 Å². The van der Waals surface area contributed by atoms with Crippen molar-refractivity contribution in [2.24, 2.45) is 28.6 Å². The molecule has 2 rings (SSSR count). The van der Waals surface area contributed by atoms with E-state index in [1.54, 1.807) is 6.92 Å². The second-order valence-corrected chi connectivity index (χ2v) is 9.02. The number of aliphatic carboxylic acids is 2. The highest BCUT2D eigenvalue weighted by Gasteiger charge is 2.67. The molecule has 0 aromatic carbocycles. The molecular weight excluding hydrogens is 320 g/mol. The van der Waals surface area contributed by atoms with Crippen molar-refractivity contribution in [2.75, 3.05) is 0 Å². The van der Waals surface area contributed by atoms with Gasteiger partial charge in [0.25, 0.3) is 0 Å². The van der Waals surface area contributed by atoms with Crippen LogP contribution in [-0.2, 0) is 9.59 Å². The third-order valence-electron chi connectivity index (χ3n) is 7.82. The molecule has 3 N–H and O–H groups in total. The lowest BCUT2D eigenvalue weighted by Gasteiger charge is -2.56. The molecule has 2 aliphatic carbocycles. The largest absolute Gasteiger partial charge is 0.481 e. The van der Waals surface area contributed by atoms with Crippen LogP contribution in [0.1, 0.15) is 66.7 Å². The highest BCUT2D eigenvalue weighted by Crippen LogP contribution is 2.67. The standard InChI is InChI=1S/C20H32O5/c1-12(10-16(21)22)6-8-18(3)13(2)7-9-19(4)15(18)11-14(17(23)24)20(19,5)25/h10,13-15,25H,6-9,11H2,1-5H3,(H,21,22)(H,23,24)/b12-10-/t13-,14+,15+,18-,19-,20+/m0/s1. The number of hydrogen-bond donors (Lipinski definition) is 3. The quantitative estimate of drug-likeness (QED) is 0.656. The van der Waals surface area contributed by atoms with Gasteiger partial charge in [0.05, 0.1) is 11.5 Å². The molecule has 0 unspecified atom stereocenters. The van der Waals surface area contributed by atoms with Crippen LogP contribution in [0.25, 0.3) is 0 Å². The van der Waals surface area contributed by atoms with Crippen molar-refractivity contribution < 1.29 is 24.9 Å². The molecule has 2 fully saturated rings. The average Bonchev–Trinajstić information content (AvgIpc) is 2.69.